The third-order valence-corrected chi connectivity index (χ3v) is 3.73. The summed E-state index contributed by atoms with van der Waals surface area (Å²) >= 11 is 0. The van der Waals surface area contributed by atoms with E-state index in [0.717, 1.165) is 37.3 Å². The second kappa shape index (κ2) is 8.33. The second-order valence-electron chi connectivity index (χ2n) is 5.46. The van der Waals surface area contributed by atoms with Gasteiger partial charge in [0.15, 0.2) is 0 Å². The molecule has 0 amide bonds. The summed E-state index contributed by atoms with van der Waals surface area (Å²) in [5.41, 5.74) is 0.322. The zero-order valence-electron chi connectivity index (χ0n) is 12.5. The van der Waals surface area contributed by atoms with Crippen LogP contribution in [0, 0.1) is 0 Å². The summed E-state index contributed by atoms with van der Waals surface area (Å²) in [7, 11) is 0. The van der Waals surface area contributed by atoms with Crippen LogP contribution >= 0.6 is 0 Å². The summed E-state index contributed by atoms with van der Waals surface area (Å²) in [5.74, 6) is 0.263. The van der Waals surface area contributed by atoms with Crippen LogP contribution in [0.2, 0.25) is 0 Å². The van der Waals surface area contributed by atoms with Gasteiger partial charge in [0.1, 0.15) is 0 Å². The van der Waals surface area contributed by atoms with Crippen LogP contribution in [-0.2, 0) is 6.18 Å². The van der Waals surface area contributed by atoms with Gasteiger partial charge in [-0.2, -0.15) is 13.2 Å². The van der Waals surface area contributed by atoms with Crippen molar-refractivity contribution in [2.45, 2.75) is 70.9 Å². The number of hydrogen-bond donors (Lipinski definition) is 0. The standard InChI is InChI=1S/C17H25F3/c1-3-5-6-7-10-14(9-4-2)15-11-8-12-16(13-15)17(18,19)20/h8,11-14H,3-7,9-10H2,1-2H3. The van der Waals surface area contributed by atoms with Gasteiger partial charge in [0.25, 0.3) is 0 Å². The topological polar surface area (TPSA) is 0 Å². The normalized spacial score (nSPS) is 13.4. The maximum absolute atomic E-state index is 12.8. The highest BCUT2D eigenvalue weighted by Gasteiger charge is 2.30. The van der Waals surface area contributed by atoms with Crippen LogP contribution in [0.15, 0.2) is 24.3 Å². The van der Waals surface area contributed by atoms with E-state index in [0.29, 0.717) is 0 Å². The molecule has 114 valence electrons. The molecule has 1 rings (SSSR count). The van der Waals surface area contributed by atoms with Crippen molar-refractivity contribution < 1.29 is 13.2 Å². The molecular formula is C17H25F3. The fourth-order valence-electron chi connectivity index (χ4n) is 2.61. The van der Waals surface area contributed by atoms with Crippen molar-refractivity contribution in [3.05, 3.63) is 35.4 Å². The SMILES string of the molecule is CCCCCCC(CCC)c1cccc(C(F)(F)F)c1. The Balaban J connectivity index is 2.75. The highest BCUT2D eigenvalue weighted by atomic mass is 19.4. The smallest absolute Gasteiger partial charge is 0.166 e. The lowest BCUT2D eigenvalue weighted by Gasteiger charge is -2.18. The van der Waals surface area contributed by atoms with Gasteiger partial charge in [0.05, 0.1) is 5.56 Å². The molecule has 3 heteroatoms. The Morgan fingerprint density at radius 3 is 2.30 bits per heavy atom. The van der Waals surface area contributed by atoms with Gasteiger partial charge in [0.2, 0.25) is 0 Å². The third kappa shape index (κ3) is 5.56. The van der Waals surface area contributed by atoms with Crippen molar-refractivity contribution in [1.29, 1.82) is 0 Å². The predicted octanol–water partition coefficient (Wildman–Crippen LogP) is 6.56. The molecule has 0 aliphatic heterocycles. The van der Waals surface area contributed by atoms with E-state index in [1.54, 1.807) is 0 Å². The van der Waals surface area contributed by atoms with Gasteiger partial charge in [-0.15, -0.1) is 0 Å². The van der Waals surface area contributed by atoms with Gasteiger partial charge < -0.3 is 0 Å². The molecule has 0 aliphatic rings. The number of alkyl halides is 3. The lowest BCUT2D eigenvalue weighted by atomic mass is 9.88. The van der Waals surface area contributed by atoms with Crippen LogP contribution in [0.5, 0.6) is 0 Å². The molecule has 0 aliphatic carbocycles. The van der Waals surface area contributed by atoms with Crippen molar-refractivity contribution in [3.63, 3.8) is 0 Å². The van der Waals surface area contributed by atoms with E-state index in [2.05, 4.69) is 13.8 Å². The summed E-state index contributed by atoms with van der Waals surface area (Å²) in [6.07, 6.45) is 3.40. The highest BCUT2D eigenvalue weighted by Crippen LogP contribution is 2.33. The minimum absolute atomic E-state index is 0.263. The van der Waals surface area contributed by atoms with Crippen LogP contribution in [-0.4, -0.2) is 0 Å². The van der Waals surface area contributed by atoms with E-state index in [4.69, 9.17) is 0 Å². The van der Waals surface area contributed by atoms with Gasteiger partial charge in [-0.05, 0) is 30.4 Å². The summed E-state index contributed by atoms with van der Waals surface area (Å²) in [6.45, 7) is 4.25. The van der Waals surface area contributed by atoms with E-state index in [1.165, 1.54) is 31.4 Å². The Morgan fingerprint density at radius 2 is 1.70 bits per heavy atom. The van der Waals surface area contributed by atoms with Gasteiger partial charge in [-0.3, -0.25) is 0 Å². The summed E-state index contributed by atoms with van der Waals surface area (Å²) in [6, 6.07) is 5.87. The van der Waals surface area contributed by atoms with Crippen LogP contribution in [0.1, 0.15) is 75.8 Å². The number of halogens is 3. The van der Waals surface area contributed by atoms with Crippen LogP contribution in [0.25, 0.3) is 0 Å². The molecule has 1 atom stereocenters. The molecule has 0 spiro atoms. The van der Waals surface area contributed by atoms with Gasteiger partial charge in [-0.1, -0.05) is 64.2 Å². The van der Waals surface area contributed by atoms with Crippen LogP contribution in [0.4, 0.5) is 13.2 Å². The molecule has 1 aromatic carbocycles. The van der Waals surface area contributed by atoms with Crippen molar-refractivity contribution in [2.24, 2.45) is 0 Å². The Kier molecular flexibility index (Phi) is 7.11. The number of unbranched alkanes of at least 4 members (excludes halogenated alkanes) is 3. The molecule has 0 bridgehead atoms. The Morgan fingerprint density at radius 1 is 0.950 bits per heavy atom. The average molecular weight is 286 g/mol. The average Bonchev–Trinajstić information content (AvgIpc) is 2.41. The van der Waals surface area contributed by atoms with E-state index in [9.17, 15) is 13.2 Å². The van der Waals surface area contributed by atoms with Crippen LogP contribution < -0.4 is 0 Å². The molecule has 1 unspecified atom stereocenters. The zero-order chi connectivity index (χ0) is 15.0. The van der Waals surface area contributed by atoms with Crippen molar-refractivity contribution in [2.75, 3.05) is 0 Å². The summed E-state index contributed by atoms with van der Waals surface area (Å²) in [4.78, 5) is 0. The van der Waals surface area contributed by atoms with Gasteiger partial charge in [0, 0.05) is 0 Å². The van der Waals surface area contributed by atoms with Gasteiger partial charge >= 0.3 is 6.18 Å². The molecule has 1 aromatic rings. The quantitative estimate of drug-likeness (QED) is 0.475. The fourth-order valence-corrected chi connectivity index (χ4v) is 2.61. The first kappa shape index (κ1) is 17.1. The first-order chi connectivity index (χ1) is 9.49. The Labute approximate surface area is 120 Å². The maximum atomic E-state index is 12.8. The third-order valence-electron chi connectivity index (χ3n) is 3.73. The molecule has 0 aromatic heterocycles. The molecule has 0 saturated heterocycles. The van der Waals surface area contributed by atoms with E-state index >= 15 is 0 Å². The summed E-state index contributed by atoms with van der Waals surface area (Å²) in [5, 5.41) is 0. The molecule has 0 fully saturated rings. The van der Waals surface area contributed by atoms with Crippen molar-refractivity contribution in [1.82, 2.24) is 0 Å². The van der Waals surface area contributed by atoms with Crippen LogP contribution in [0.3, 0.4) is 0 Å². The first-order valence-electron chi connectivity index (χ1n) is 7.66. The molecule has 20 heavy (non-hydrogen) atoms. The molecule has 0 radical (unpaired) electrons. The lowest BCUT2D eigenvalue weighted by molar-refractivity contribution is -0.137. The van der Waals surface area contributed by atoms with E-state index < -0.39 is 11.7 Å². The summed E-state index contributed by atoms with van der Waals surface area (Å²) < 4.78 is 38.3. The molecule has 0 nitrogen and oxygen atoms in total. The Bertz CT molecular complexity index is 382. The molecule has 0 heterocycles. The molecule has 0 N–H and O–H groups in total. The zero-order valence-corrected chi connectivity index (χ0v) is 12.5. The minimum Gasteiger partial charge on any atom is -0.166 e. The number of hydrogen-bond acceptors (Lipinski definition) is 0. The number of rotatable bonds is 8. The minimum atomic E-state index is -4.24. The number of benzene rings is 1. The highest BCUT2D eigenvalue weighted by molar-refractivity contribution is 5.28. The monoisotopic (exact) mass is 286 g/mol. The fraction of sp³-hybridized carbons (Fsp3) is 0.647. The predicted molar refractivity (Wildman–Crippen MR) is 77.9 cm³/mol. The van der Waals surface area contributed by atoms with E-state index in [1.807, 2.05) is 6.07 Å². The maximum Gasteiger partial charge on any atom is 0.416 e. The van der Waals surface area contributed by atoms with Crippen molar-refractivity contribution in [3.8, 4) is 0 Å². The van der Waals surface area contributed by atoms with Crippen molar-refractivity contribution >= 4 is 0 Å². The van der Waals surface area contributed by atoms with E-state index in [-0.39, 0.29) is 5.92 Å². The largest absolute Gasteiger partial charge is 0.416 e. The molecule has 0 saturated carbocycles. The molecular weight excluding hydrogens is 261 g/mol. The van der Waals surface area contributed by atoms with Gasteiger partial charge in [-0.25, -0.2) is 0 Å². The lowest BCUT2D eigenvalue weighted by Crippen LogP contribution is -2.07. The second-order valence-corrected chi connectivity index (χ2v) is 5.46. The Hall–Kier alpha value is -0.990. The first-order valence-corrected chi connectivity index (χ1v) is 7.66.